The molecule has 1 amide bonds. The number of amides is 1. The molecule has 2 aromatic rings. The zero-order valence-corrected chi connectivity index (χ0v) is 15.1. The number of halogens is 1. The summed E-state index contributed by atoms with van der Waals surface area (Å²) in [5, 5.41) is 8.07. The molecule has 0 saturated heterocycles. The van der Waals surface area contributed by atoms with Crippen molar-refractivity contribution in [1.82, 2.24) is 0 Å². The van der Waals surface area contributed by atoms with Gasteiger partial charge in [0.15, 0.2) is 6.61 Å². The number of methoxy groups -OCH3 is 1. The minimum absolute atomic E-state index is 0.0838. The van der Waals surface area contributed by atoms with Gasteiger partial charge in [0.2, 0.25) is 10.0 Å². The van der Waals surface area contributed by atoms with Crippen LogP contribution in [0.25, 0.3) is 0 Å². The fourth-order valence-corrected chi connectivity index (χ4v) is 2.63. The molecule has 0 heterocycles. The predicted octanol–water partition coefficient (Wildman–Crippen LogP) is 1.79. The Hall–Kier alpha value is -2.62. The number of carbonyl (C=O) groups is 2. The number of rotatable bonds is 6. The molecule has 26 heavy (non-hydrogen) atoms. The van der Waals surface area contributed by atoms with E-state index in [1.807, 2.05) is 0 Å². The second kappa shape index (κ2) is 8.17. The summed E-state index contributed by atoms with van der Waals surface area (Å²) < 4.78 is 32.7. The van der Waals surface area contributed by atoms with E-state index in [2.05, 4.69) is 5.32 Å². The molecule has 0 aliphatic heterocycles. The summed E-state index contributed by atoms with van der Waals surface area (Å²) in [7, 11) is -2.71. The summed E-state index contributed by atoms with van der Waals surface area (Å²) >= 11 is 5.75. The summed E-state index contributed by atoms with van der Waals surface area (Å²) in [6, 6.07) is 9.83. The van der Waals surface area contributed by atoms with Crippen molar-refractivity contribution in [2.45, 2.75) is 4.90 Å². The molecule has 0 atom stereocenters. The first-order valence-corrected chi connectivity index (χ1v) is 9.06. The summed E-state index contributed by atoms with van der Waals surface area (Å²) in [6.45, 7) is -0.579. The second-order valence-electron chi connectivity index (χ2n) is 5.04. The molecular formula is C16H15ClN2O6S. The number of nitrogens with one attached hydrogen (secondary N) is 1. The van der Waals surface area contributed by atoms with Gasteiger partial charge >= 0.3 is 5.97 Å². The van der Waals surface area contributed by atoms with Crippen LogP contribution in [-0.2, 0) is 19.6 Å². The van der Waals surface area contributed by atoms with Crippen LogP contribution >= 0.6 is 11.6 Å². The SMILES string of the molecule is COc1ccc(S(N)(=O)=O)cc1C(=O)OCC(=O)Nc1ccc(Cl)cc1. The number of hydrogen-bond donors (Lipinski definition) is 2. The molecule has 10 heteroatoms. The molecule has 3 N–H and O–H groups in total. The average Bonchev–Trinajstić information content (AvgIpc) is 2.60. The lowest BCUT2D eigenvalue weighted by molar-refractivity contribution is -0.119. The molecule has 0 aromatic heterocycles. The maximum atomic E-state index is 12.2. The third kappa shape index (κ3) is 5.19. The van der Waals surface area contributed by atoms with Crippen LogP contribution in [0.15, 0.2) is 47.4 Å². The highest BCUT2D eigenvalue weighted by molar-refractivity contribution is 7.89. The first-order valence-electron chi connectivity index (χ1n) is 7.14. The van der Waals surface area contributed by atoms with Crippen molar-refractivity contribution in [1.29, 1.82) is 0 Å². The van der Waals surface area contributed by atoms with E-state index in [-0.39, 0.29) is 16.2 Å². The van der Waals surface area contributed by atoms with Crippen molar-refractivity contribution in [2.75, 3.05) is 19.0 Å². The van der Waals surface area contributed by atoms with Crippen molar-refractivity contribution < 1.29 is 27.5 Å². The van der Waals surface area contributed by atoms with E-state index in [0.717, 1.165) is 6.07 Å². The molecule has 138 valence electrons. The third-order valence-electron chi connectivity index (χ3n) is 3.18. The number of esters is 1. The predicted molar refractivity (Wildman–Crippen MR) is 94.7 cm³/mol. The largest absolute Gasteiger partial charge is 0.496 e. The summed E-state index contributed by atoms with van der Waals surface area (Å²) in [4.78, 5) is 23.7. The molecular weight excluding hydrogens is 384 g/mol. The van der Waals surface area contributed by atoms with Crippen molar-refractivity contribution in [2.24, 2.45) is 5.14 Å². The van der Waals surface area contributed by atoms with Gasteiger partial charge < -0.3 is 14.8 Å². The molecule has 0 radical (unpaired) electrons. The Kier molecular flexibility index (Phi) is 6.19. The Balaban J connectivity index is 2.07. The summed E-state index contributed by atoms with van der Waals surface area (Å²) in [6.07, 6.45) is 0. The van der Waals surface area contributed by atoms with Crippen LogP contribution in [0.4, 0.5) is 5.69 Å². The van der Waals surface area contributed by atoms with Crippen LogP contribution in [0.2, 0.25) is 5.02 Å². The smallest absolute Gasteiger partial charge is 0.342 e. The van der Waals surface area contributed by atoms with Gasteiger partial charge in [0, 0.05) is 10.7 Å². The number of carbonyl (C=O) groups excluding carboxylic acids is 2. The average molecular weight is 399 g/mol. The Morgan fingerprint density at radius 3 is 2.38 bits per heavy atom. The van der Waals surface area contributed by atoms with Crippen LogP contribution in [0.3, 0.4) is 0 Å². The van der Waals surface area contributed by atoms with Gasteiger partial charge in [-0.3, -0.25) is 4.79 Å². The van der Waals surface area contributed by atoms with E-state index in [0.29, 0.717) is 10.7 Å². The number of sulfonamides is 1. The molecule has 0 fully saturated rings. The van der Waals surface area contributed by atoms with Crippen LogP contribution in [0.5, 0.6) is 5.75 Å². The summed E-state index contributed by atoms with van der Waals surface area (Å²) in [5.41, 5.74) is 0.308. The molecule has 2 aromatic carbocycles. The number of ether oxygens (including phenoxy) is 2. The van der Waals surface area contributed by atoms with Crippen molar-refractivity contribution in [3.8, 4) is 5.75 Å². The van der Waals surface area contributed by atoms with E-state index in [1.165, 1.54) is 19.2 Å². The lowest BCUT2D eigenvalue weighted by atomic mass is 10.2. The van der Waals surface area contributed by atoms with Gasteiger partial charge in [0.05, 0.1) is 12.0 Å². The van der Waals surface area contributed by atoms with Gasteiger partial charge in [0.25, 0.3) is 5.91 Å². The zero-order valence-electron chi connectivity index (χ0n) is 13.6. The van der Waals surface area contributed by atoms with Crippen LogP contribution in [0.1, 0.15) is 10.4 Å². The topological polar surface area (TPSA) is 125 Å². The van der Waals surface area contributed by atoms with Gasteiger partial charge in [-0.25, -0.2) is 18.4 Å². The highest BCUT2D eigenvalue weighted by Crippen LogP contribution is 2.23. The molecule has 0 aliphatic rings. The number of hydrogen-bond acceptors (Lipinski definition) is 6. The van der Waals surface area contributed by atoms with Crippen molar-refractivity contribution in [3.63, 3.8) is 0 Å². The maximum Gasteiger partial charge on any atom is 0.342 e. The second-order valence-corrected chi connectivity index (χ2v) is 7.04. The third-order valence-corrected chi connectivity index (χ3v) is 4.34. The number of primary sulfonamides is 1. The van der Waals surface area contributed by atoms with Gasteiger partial charge in [-0.05, 0) is 42.5 Å². The lowest BCUT2D eigenvalue weighted by Gasteiger charge is -2.10. The molecule has 8 nitrogen and oxygen atoms in total. The fourth-order valence-electron chi connectivity index (χ4n) is 1.96. The lowest BCUT2D eigenvalue weighted by Crippen LogP contribution is -2.21. The molecule has 0 saturated carbocycles. The van der Waals surface area contributed by atoms with Crippen LogP contribution < -0.4 is 15.2 Å². The highest BCUT2D eigenvalue weighted by atomic mass is 35.5. The Labute approximate surface area is 154 Å². The fraction of sp³-hybridized carbons (Fsp3) is 0.125. The number of benzene rings is 2. The number of nitrogens with two attached hydrogens (primary N) is 1. The van der Waals surface area contributed by atoms with Gasteiger partial charge in [-0.2, -0.15) is 0 Å². The Morgan fingerprint density at radius 1 is 1.15 bits per heavy atom. The van der Waals surface area contributed by atoms with Crippen molar-refractivity contribution >= 4 is 39.2 Å². The molecule has 0 aliphatic carbocycles. The van der Waals surface area contributed by atoms with E-state index in [9.17, 15) is 18.0 Å². The molecule has 2 rings (SSSR count). The van der Waals surface area contributed by atoms with Crippen molar-refractivity contribution in [3.05, 3.63) is 53.1 Å². The van der Waals surface area contributed by atoms with Gasteiger partial charge in [-0.15, -0.1) is 0 Å². The van der Waals surface area contributed by atoms with Crippen LogP contribution in [-0.4, -0.2) is 34.0 Å². The summed E-state index contributed by atoms with van der Waals surface area (Å²) in [5.74, 6) is -1.43. The maximum absolute atomic E-state index is 12.2. The van der Waals surface area contributed by atoms with Gasteiger partial charge in [0.1, 0.15) is 11.3 Å². The Morgan fingerprint density at radius 2 is 1.81 bits per heavy atom. The quantitative estimate of drug-likeness (QED) is 0.714. The minimum Gasteiger partial charge on any atom is -0.496 e. The number of anilines is 1. The minimum atomic E-state index is -4.01. The Bertz CT molecular complexity index is 928. The van der Waals surface area contributed by atoms with E-state index >= 15 is 0 Å². The van der Waals surface area contributed by atoms with E-state index in [1.54, 1.807) is 24.3 Å². The molecule has 0 unspecified atom stereocenters. The van der Waals surface area contributed by atoms with Gasteiger partial charge in [-0.1, -0.05) is 11.6 Å². The normalized spacial score (nSPS) is 10.9. The standard InChI is InChI=1S/C16H15ClN2O6S/c1-24-14-7-6-12(26(18,22)23)8-13(14)16(21)25-9-15(20)19-11-4-2-10(17)3-5-11/h2-8H,9H2,1H3,(H,19,20)(H2,18,22,23). The highest BCUT2D eigenvalue weighted by Gasteiger charge is 2.19. The van der Waals surface area contributed by atoms with E-state index in [4.69, 9.17) is 26.2 Å². The van der Waals surface area contributed by atoms with E-state index < -0.39 is 28.5 Å². The first kappa shape index (κ1) is 19.7. The zero-order chi connectivity index (χ0) is 19.3. The molecule has 0 spiro atoms. The molecule has 0 bridgehead atoms. The first-order chi connectivity index (χ1) is 12.2. The monoisotopic (exact) mass is 398 g/mol. The van der Waals surface area contributed by atoms with Crippen LogP contribution in [0, 0.1) is 0 Å².